The fraction of sp³-hybridized carbons (Fsp3) is 0.321. The van der Waals surface area contributed by atoms with Crippen molar-refractivity contribution >= 4 is 33.2 Å². The summed E-state index contributed by atoms with van der Waals surface area (Å²) in [5.41, 5.74) is 1.70. The zero-order chi connectivity index (χ0) is 25.9. The molecule has 0 radical (unpaired) electrons. The quantitative estimate of drug-likeness (QED) is 0.388. The number of ether oxygens (including phenoxy) is 1. The second-order valence-corrected chi connectivity index (χ2v) is 11.4. The van der Waals surface area contributed by atoms with Crippen molar-refractivity contribution in [2.75, 3.05) is 10.8 Å². The Balaban J connectivity index is 1.66. The van der Waals surface area contributed by atoms with Crippen LogP contribution in [0.15, 0.2) is 77.7 Å². The summed E-state index contributed by atoms with van der Waals surface area (Å²) in [7, 11) is -4.03. The fourth-order valence-electron chi connectivity index (χ4n) is 4.68. The predicted molar refractivity (Wildman–Crippen MR) is 143 cm³/mol. The zero-order valence-electron chi connectivity index (χ0n) is 20.7. The number of carbonyl (C=O) groups excluding carboxylic acids is 1. The number of para-hydroxylation sites is 2. The molecule has 1 aliphatic rings. The first-order valence-electron chi connectivity index (χ1n) is 12.1. The summed E-state index contributed by atoms with van der Waals surface area (Å²) in [5, 5.41) is 3.54. The fourth-order valence-corrected chi connectivity index (χ4v) is 6.29. The molecule has 0 saturated heterocycles. The summed E-state index contributed by atoms with van der Waals surface area (Å²) < 4.78 is 34.9. The van der Waals surface area contributed by atoms with Crippen molar-refractivity contribution in [2.45, 2.75) is 56.6 Å². The van der Waals surface area contributed by atoms with Gasteiger partial charge in [-0.3, -0.25) is 9.10 Å². The van der Waals surface area contributed by atoms with E-state index in [0.717, 1.165) is 29.7 Å². The predicted octanol–water partition coefficient (Wildman–Crippen LogP) is 6.04. The summed E-state index contributed by atoms with van der Waals surface area (Å²) in [4.78, 5) is 13.5. The first kappa shape index (κ1) is 26.0. The number of halogens is 1. The average molecular weight is 527 g/mol. The van der Waals surface area contributed by atoms with Crippen LogP contribution in [-0.4, -0.2) is 26.5 Å². The van der Waals surface area contributed by atoms with Crippen molar-refractivity contribution in [3.63, 3.8) is 0 Å². The molecule has 0 aromatic heterocycles. The summed E-state index contributed by atoms with van der Waals surface area (Å²) in [6.45, 7) is 5.62. The second kappa shape index (κ2) is 10.5. The Bertz CT molecular complexity index is 1340. The lowest BCUT2D eigenvalue weighted by Crippen LogP contribution is -2.47. The number of carbonyl (C=O) groups is 1. The molecule has 3 aromatic rings. The number of nitrogens with one attached hydrogen (secondary N) is 1. The van der Waals surface area contributed by atoms with Gasteiger partial charge in [-0.25, -0.2) is 8.42 Å². The molecule has 8 heteroatoms. The van der Waals surface area contributed by atoms with Crippen molar-refractivity contribution < 1.29 is 17.9 Å². The minimum atomic E-state index is -4.03. The molecule has 1 heterocycles. The zero-order valence-corrected chi connectivity index (χ0v) is 22.3. The van der Waals surface area contributed by atoms with Crippen LogP contribution in [0.2, 0.25) is 5.02 Å². The van der Waals surface area contributed by atoms with Gasteiger partial charge in [-0.05, 0) is 61.7 Å². The van der Waals surface area contributed by atoms with Crippen LogP contribution in [0.5, 0.6) is 5.75 Å². The Morgan fingerprint density at radius 3 is 2.33 bits per heavy atom. The highest BCUT2D eigenvalue weighted by atomic mass is 35.5. The standard InChI is InChI=1S/C28H31ClN2O4S/c1-4-28(5-2)18-24(23-11-7-9-13-26(23)35-28)30-27(32)19-31(25-12-8-6-10-20(25)3)36(33,34)22-16-14-21(29)15-17-22/h6-17,24H,4-5,18-19H2,1-3H3,(H,30,32). The molecule has 0 fully saturated rings. The Hall–Kier alpha value is -3.03. The lowest BCUT2D eigenvalue weighted by molar-refractivity contribution is -0.121. The van der Waals surface area contributed by atoms with Gasteiger partial charge >= 0.3 is 0 Å². The van der Waals surface area contributed by atoms with E-state index in [1.165, 1.54) is 28.6 Å². The van der Waals surface area contributed by atoms with E-state index in [4.69, 9.17) is 16.3 Å². The van der Waals surface area contributed by atoms with Crippen LogP contribution in [0.4, 0.5) is 5.69 Å². The number of aryl methyl sites for hydroxylation is 1. The molecular formula is C28H31ClN2O4S. The van der Waals surface area contributed by atoms with E-state index in [0.29, 0.717) is 17.1 Å². The monoisotopic (exact) mass is 526 g/mol. The molecule has 4 rings (SSSR count). The van der Waals surface area contributed by atoms with Crippen LogP contribution in [-0.2, 0) is 14.8 Å². The van der Waals surface area contributed by atoms with Gasteiger partial charge in [0.2, 0.25) is 5.91 Å². The largest absolute Gasteiger partial charge is 0.487 e. The molecule has 0 saturated carbocycles. The van der Waals surface area contributed by atoms with Gasteiger partial charge in [0.15, 0.2) is 0 Å². The summed E-state index contributed by atoms with van der Waals surface area (Å²) >= 11 is 5.98. The number of rotatable bonds is 8. The third-order valence-corrected chi connectivity index (χ3v) is 8.92. The van der Waals surface area contributed by atoms with Crippen molar-refractivity contribution in [3.05, 3.63) is 88.9 Å². The van der Waals surface area contributed by atoms with E-state index in [1.54, 1.807) is 12.1 Å². The topological polar surface area (TPSA) is 75.7 Å². The van der Waals surface area contributed by atoms with Gasteiger partial charge in [0.05, 0.1) is 16.6 Å². The highest BCUT2D eigenvalue weighted by Gasteiger charge is 2.39. The first-order valence-corrected chi connectivity index (χ1v) is 13.9. The van der Waals surface area contributed by atoms with Crippen molar-refractivity contribution in [2.24, 2.45) is 0 Å². The lowest BCUT2D eigenvalue weighted by Gasteiger charge is -2.41. The van der Waals surface area contributed by atoms with Crippen LogP contribution in [0, 0.1) is 6.92 Å². The lowest BCUT2D eigenvalue weighted by atomic mass is 9.83. The van der Waals surface area contributed by atoms with Crippen LogP contribution < -0.4 is 14.4 Å². The minimum absolute atomic E-state index is 0.0651. The SMILES string of the molecule is CCC1(CC)CC(NC(=O)CN(c2ccccc2C)S(=O)(=O)c2ccc(Cl)cc2)c2ccccc2O1. The second-order valence-electron chi connectivity index (χ2n) is 9.11. The van der Waals surface area contributed by atoms with Crippen LogP contribution in [0.25, 0.3) is 0 Å². The number of anilines is 1. The van der Waals surface area contributed by atoms with Crippen LogP contribution in [0.1, 0.15) is 50.3 Å². The van der Waals surface area contributed by atoms with Crippen LogP contribution in [0.3, 0.4) is 0 Å². The number of hydrogen-bond donors (Lipinski definition) is 1. The van der Waals surface area contributed by atoms with Crippen LogP contribution >= 0.6 is 11.6 Å². The maximum atomic E-state index is 13.7. The van der Waals surface area contributed by atoms with Crippen molar-refractivity contribution in [1.82, 2.24) is 5.32 Å². The van der Waals surface area contributed by atoms with Gasteiger partial charge in [0.25, 0.3) is 10.0 Å². The maximum absolute atomic E-state index is 13.7. The van der Waals surface area contributed by atoms with E-state index >= 15 is 0 Å². The molecule has 190 valence electrons. The number of hydrogen-bond acceptors (Lipinski definition) is 4. The van der Waals surface area contributed by atoms with Gasteiger partial charge in [0, 0.05) is 17.0 Å². The highest BCUT2D eigenvalue weighted by Crippen LogP contribution is 2.42. The van der Waals surface area contributed by atoms with E-state index in [-0.39, 0.29) is 17.5 Å². The average Bonchev–Trinajstić information content (AvgIpc) is 2.88. The third kappa shape index (κ3) is 5.22. The molecule has 3 aromatic carbocycles. The molecule has 0 aliphatic carbocycles. The van der Waals surface area contributed by atoms with Crippen molar-refractivity contribution in [1.29, 1.82) is 0 Å². The van der Waals surface area contributed by atoms with Gasteiger partial charge in [-0.1, -0.05) is 61.8 Å². The Labute approximate surface area is 218 Å². The molecule has 1 unspecified atom stereocenters. The number of amides is 1. The molecule has 36 heavy (non-hydrogen) atoms. The van der Waals surface area contributed by atoms with E-state index in [1.807, 2.05) is 43.3 Å². The number of fused-ring (bicyclic) bond motifs is 1. The van der Waals surface area contributed by atoms with Gasteiger partial charge in [0.1, 0.15) is 17.9 Å². The highest BCUT2D eigenvalue weighted by molar-refractivity contribution is 7.92. The molecule has 0 spiro atoms. The van der Waals surface area contributed by atoms with Gasteiger partial charge in [-0.2, -0.15) is 0 Å². The van der Waals surface area contributed by atoms with Gasteiger partial charge in [-0.15, -0.1) is 0 Å². The molecule has 6 nitrogen and oxygen atoms in total. The molecule has 1 amide bonds. The number of nitrogens with zero attached hydrogens (tertiary/aromatic N) is 1. The molecular weight excluding hydrogens is 496 g/mol. The third-order valence-electron chi connectivity index (χ3n) is 6.89. The Morgan fingerprint density at radius 1 is 1.03 bits per heavy atom. The van der Waals surface area contributed by atoms with E-state index in [2.05, 4.69) is 19.2 Å². The van der Waals surface area contributed by atoms with Gasteiger partial charge < -0.3 is 10.1 Å². The van der Waals surface area contributed by atoms with E-state index in [9.17, 15) is 13.2 Å². The smallest absolute Gasteiger partial charge is 0.264 e. The molecule has 0 bridgehead atoms. The summed E-state index contributed by atoms with van der Waals surface area (Å²) in [6.07, 6.45) is 2.20. The Kier molecular flexibility index (Phi) is 7.62. The molecule has 1 aliphatic heterocycles. The number of benzene rings is 3. The molecule has 1 atom stereocenters. The summed E-state index contributed by atoms with van der Waals surface area (Å²) in [6, 6.07) is 20.5. The summed E-state index contributed by atoms with van der Waals surface area (Å²) in [5.74, 6) is 0.362. The van der Waals surface area contributed by atoms with E-state index < -0.39 is 21.5 Å². The van der Waals surface area contributed by atoms with Crippen molar-refractivity contribution in [3.8, 4) is 5.75 Å². The minimum Gasteiger partial charge on any atom is -0.487 e. The maximum Gasteiger partial charge on any atom is 0.264 e. The number of sulfonamides is 1. The normalized spacial score (nSPS) is 16.5. The molecule has 1 N–H and O–H groups in total. The Morgan fingerprint density at radius 2 is 1.67 bits per heavy atom. The first-order chi connectivity index (χ1) is 17.2.